The summed E-state index contributed by atoms with van der Waals surface area (Å²) in [5.74, 6) is -5.03. The molecule has 0 fully saturated rings. The fourth-order valence-electron chi connectivity index (χ4n) is 4.23. The van der Waals surface area contributed by atoms with E-state index in [0.717, 1.165) is 31.4 Å². The molecule has 1 unspecified atom stereocenters. The third kappa shape index (κ3) is 5.36. The lowest BCUT2D eigenvalue weighted by Crippen LogP contribution is -2.41. The van der Waals surface area contributed by atoms with E-state index < -0.39 is 81.8 Å². The standard InChI is InChI=1S/C25H17ClF7N3O4/c1-40-21-17(34-9-18(29)30)8-16(35-22(37)10-4-11(25(31,32)33)6-13(28)5-10)20-19(21)23(38)36-24(20,39)14-7-12(27)2-3-15(14)26/h2-8,18,34,39H,9H2,1H3,(H,35,37)(H,36,38). The fraction of sp³-hybridized carbons (Fsp3) is 0.200. The predicted molar refractivity (Wildman–Crippen MR) is 129 cm³/mol. The van der Waals surface area contributed by atoms with Crippen LogP contribution in [0.15, 0.2) is 42.5 Å². The SMILES string of the molecule is COc1c(NCC(F)F)cc(NC(=O)c2cc(F)cc(C(F)(F)F)c2)c2c1C(=O)NC2(O)c1cc(F)ccc1Cl. The van der Waals surface area contributed by atoms with Crippen LogP contribution in [0.3, 0.4) is 0 Å². The number of hydrogen-bond acceptors (Lipinski definition) is 5. The highest BCUT2D eigenvalue weighted by Crippen LogP contribution is 2.48. The molecule has 0 saturated carbocycles. The normalized spacial score (nSPS) is 16.5. The summed E-state index contributed by atoms with van der Waals surface area (Å²) in [6, 6.07) is 4.78. The Balaban J connectivity index is 1.94. The van der Waals surface area contributed by atoms with Crippen LogP contribution in [0.2, 0.25) is 5.02 Å². The number of alkyl halides is 5. The zero-order valence-corrected chi connectivity index (χ0v) is 20.8. The van der Waals surface area contributed by atoms with Gasteiger partial charge in [-0.25, -0.2) is 17.6 Å². The highest BCUT2D eigenvalue weighted by Gasteiger charge is 2.49. The van der Waals surface area contributed by atoms with E-state index in [1.165, 1.54) is 0 Å². The zero-order chi connectivity index (χ0) is 29.6. The third-order valence-corrected chi connectivity index (χ3v) is 6.20. The number of carbonyl (C=O) groups is 2. The van der Waals surface area contributed by atoms with Gasteiger partial charge < -0.3 is 25.8 Å². The van der Waals surface area contributed by atoms with Gasteiger partial charge in [-0.15, -0.1) is 0 Å². The molecule has 1 atom stereocenters. The summed E-state index contributed by atoms with van der Waals surface area (Å²) >= 11 is 6.16. The molecule has 1 heterocycles. The number of fused-ring (bicyclic) bond motifs is 1. The lowest BCUT2D eigenvalue weighted by Gasteiger charge is -2.28. The number of aliphatic hydroxyl groups is 1. The number of anilines is 2. The Morgan fingerprint density at radius 3 is 2.42 bits per heavy atom. The molecule has 2 amide bonds. The second-order valence-corrected chi connectivity index (χ2v) is 8.90. The van der Waals surface area contributed by atoms with E-state index in [2.05, 4.69) is 16.0 Å². The molecule has 3 aromatic carbocycles. The molecule has 40 heavy (non-hydrogen) atoms. The summed E-state index contributed by atoms with van der Waals surface area (Å²) in [5, 5.41) is 18.1. The Morgan fingerprint density at radius 1 is 1.10 bits per heavy atom. The monoisotopic (exact) mass is 591 g/mol. The molecule has 3 aromatic rings. The van der Waals surface area contributed by atoms with Crippen LogP contribution in [-0.4, -0.2) is 37.0 Å². The van der Waals surface area contributed by atoms with Gasteiger partial charge in [-0.05, 0) is 42.5 Å². The number of methoxy groups -OCH3 is 1. The Bertz CT molecular complexity index is 1520. The van der Waals surface area contributed by atoms with Crippen LogP contribution in [0.25, 0.3) is 0 Å². The van der Waals surface area contributed by atoms with E-state index in [9.17, 15) is 45.4 Å². The Labute approximate surface area is 225 Å². The first-order chi connectivity index (χ1) is 18.6. The van der Waals surface area contributed by atoms with Gasteiger partial charge in [-0.2, -0.15) is 13.2 Å². The van der Waals surface area contributed by atoms with E-state index in [4.69, 9.17) is 16.3 Å². The molecule has 7 nitrogen and oxygen atoms in total. The van der Waals surface area contributed by atoms with Crippen LogP contribution in [-0.2, 0) is 11.9 Å². The lowest BCUT2D eigenvalue weighted by molar-refractivity contribution is -0.137. The van der Waals surface area contributed by atoms with Crippen LogP contribution >= 0.6 is 11.6 Å². The van der Waals surface area contributed by atoms with Gasteiger partial charge in [0.1, 0.15) is 11.6 Å². The molecular formula is C25H17ClF7N3O4. The summed E-state index contributed by atoms with van der Waals surface area (Å²) < 4.78 is 98.9. The minimum Gasteiger partial charge on any atom is -0.494 e. The van der Waals surface area contributed by atoms with E-state index in [-0.39, 0.29) is 22.5 Å². The first-order valence-electron chi connectivity index (χ1n) is 11.1. The average molecular weight is 592 g/mol. The smallest absolute Gasteiger partial charge is 0.416 e. The maximum absolute atomic E-state index is 14.1. The highest BCUT2D eigenvalue weighted by atomic mass is 35.5. The minimum absolute atomic E-state index is 0.168. The van der Waals surface area contributed by atoms with E-state index >= 15 is 0 Å². The summed E-state index contributed by atoms with van der Waals surface area (Å²) in [5.41, 5.74) is -7.10. The van der Waals surface area contributed by atoms with Crippen molar-refractivity contribution in [3.05, 3.63) is 86.9 Å². The molecule has 212 valence electrons. The van der Waals surface area contributed by atoms with E-state index in [1.807, 2.05) is 0 Å². The molecule has 1 aliphatic rings. The largest absolute Gasteiger partial charge is 0.494 e. The Morgan fingerprint density at radius 2 is 1.80 bits per heavy atom. The van der Waals surface area contributed by atoms with Gasteiger partial charge in [0.15, 0.2) is 11.5 Å². The summed E-state index contributed by atoms with van der Waals surface area (Å²) in [6.07, 6.45) is -7.89. The Hall–Kier alpha value is -4.04. The van der Waals surface area contributed by atoms with Gasteiger partial charge in [0.2, 0.25) is 0 Å². The fourth-order valence-corrected chi connectivity index (χ4v) is 4.49. The number of halogens is 8. The maximum atomic E-state index is 14.1. The van der Waals surface area contributed by atoms with Crippen LogP contribution in [0, 0.1) is 11.6 Å². The van der Waals surface area contributed by atoms with Crippen molar-refractivity contribution in [3.63, 3.8) is 0 Å². The number of ether oxygens (including phenoxy) is 1. The molecule has 1 aliphatic heterocycles. The van der Waals surface area contributed by atoms with Crippen molar-refractivity contribution in [1.29, 1.82) is 0 Å². The number of amides is 2. The number of hydrogen-bond donors (Lipinski definition) is 4. The number of nitrogens with one attached hydrogen (secondary N) is 3. The van der Waals surface area contributed by atoms with E-state index in [1.54, 1.807) is 0 Å². The molecule has 0 saturated heterocycles. The van der Waals surface area contributed by atoms with Crippen LogP contribution in [0.4, 0.5) is 42.1 Å². The predicted octanol–water partition coefficient (Wildman–Crippen LogP) is 5.51. The number of benzene rings is 3. The topological polar surface area (TPSA) is 99.7 Å². The average Bonchev–Trinajstić information content (AvgIpc) is 3.14. The van der Waals surface area contributed by atoms with Crippen molar-refractivity contribution >= 4 is 34.8 Å². The number of carbonyl (C=O) groups excluding carboxylic acids is 2. The second-order valence-electron chi connectivity index (χ2n) is 8.50. The maximum Gasteiger partial charge on any atom is 0.416 e. The van der Waals surface area contributed by atoms with E-state index in [0.29, 0.717) is 12.1 Å². The summed E-state index contributed by atoms with van der Waals surface area (Å²) in [4.78, 5) is 26.1. The van der Waals surface area contributed by atoms with Crippen LogP contribution < -0.4 is 20.7 Å². The molecule has 0 aliphatic carbocycles. The van der Waals surface area contributed by atoms with Crippen molar-refractivity contribution in [1.82, 2.24) is 5.32 Å². The molecule has 0 spiro atoms. The highest BCUT2D eigenvalue weighted by molar-refractivity contribution is 6.31. The van der Waals surface area contributed by atoms with Gasteiger partial charge >= 0.3 is 6.18 Å². The van der Waals surface area contributed by atoms with Gasteiger partial charge in [0.05, 0.1) is 36.2 Å². The van der Waals surface area contributed by atoms with Gasteiger partial charge in [0.25, 0.3) is 18.2 Å². The molecule has 4 N–H and O–H groups in total. The first-order valence-corrected chi connectivity index (χ1v) is 11.5. The van der Waals surface area contributed by atoms with Crippen molar-refractivity contribution in [2.24, 2.45) is 0 Å². The summed E-state index contributed by atoms with van der Waals surface area (Å²) in [7, 11) is 1.08. The van der Waals surface area contributed by atoms with Gasteiger partial charge in [0, 0.05) is 21.7 Å². The zero-order valence-electron chi connectivity index (χ0n) is 20.0. The second kappa shape index (κ2) is 10.5. The van der Waals surface area contributed by atoms with Crippen molar-refractivity contribution in [3.8, 4) is 5.75 Å². The molecular weight excluding hydrogens is 575 g/mol. The van der Waals surface area contributed by atoms with Gasteiger partial charge in [-0.3, -0.25) is 9.59 Å². The third-order valence-electron chi connectivity index (χ3n) is 5.87. The molecule has 4 rings (SSSR count). The van der Waals surface area contributed by atoms with Gasteiger partial charge in [-0.1, -0.05) is 11.6 Å². The first kappa shape index (κ1) is 29.0. The molecule has 15 heteroatoms. The Kier molecular flexibility index (Phi) is 7.60. The van der Waals surface area contributed by atoms with Crippen LogP contribution in [0.1, 0.15) is 37.4 Å². The molecule has 0 aromatic heterocycles. The van der Waals surface area contributed by atoms with Crippen LogP contribution in [0.5, 0.6) is 5.75 Å². The minimum atomic E-state index is -5.00. The van der Waals surface area contributed by atoms with Crippen molar-refractivity contribution < 1.29 is 50.2 Å². The quantitative estimate of drug-likeness (QED) is 0.272. The number of rotatable bonds is 7. The lowest BCUT2D eigenvalue weighted by atomic mass is 9.91. The van der Waals surface area contributed by atoms with Crippen molar-refractivity contribution in [2.75, 3.05) is 24.3 Å². The summed E-state index contributed by atoms with van der Waals surface area (Å²) in [6.45, 7) is -0.955. The molecule has 0 bridgehead atoms. The molecule has 0 radical (unpaired) electrons. The van der Waals surface area contributed by atoms with Crippen molar-refractivity contribution in [2.45, 2.75) is 18.3 Å².